The lowest BCUT2D eigenvalue weighted by Gasteiger charge is -2.13. The minimum Gasteiger partial charge on any atom is -0.388 e. The second-order valence-corrected chi connectivity index (χ2v) is 6.25. The summed E-state index contributed by atoms with van der Waals surface area (Å²) in [4.78, 5) is 15.9. The number of hydrogen-bond acceptors (Lipinski definition) is 4. The van der Waals surface area contributed by atoms with E-state index in [4.69, 9.17) is 0 Å². The van der Waals surface area contributed by atoms with Crippen LogP contribution in [0, 0.1) is 0 Å². The maximum atomic E-state index is 12.3. The van der Waals surface area contributed by atoms with Crippen LogP contribution in [0.4, 0.5) is 0 Å². The normalized spacial score (nSPS) is 27.3. The fourth-order valence-corrected chi connectivity index (χ4v) is 3.91. The number of amides is 1. The van der Waals surface area contributed by atoms with Crippen LogP contribution in [-0.4, -0.2) is 46.3 Å². The van der Waals surface area contributed by atoms with E-state index in [-0.39, 0.29) is 19.0 Å². The van der Waals surface area contributed by atoms with Crippen molar-refractivity contribution in [1.82, 2.24) is 4.90 Å². The van der Waals surface area contributed by atoms with Gasteiger partial charge in [0.05, 0.1) is 17.1 Å². The molecule has 18 heavy (non-hydrogen) atoms. The number of rotatable bonds is 1. The van der Waals surface area contributed by atoms with E-state index < -0.39 is 12.2 Å². The van der Waals surface area contributed by atoms with Crippen molar-refractivity contribution in [2.24, 2.45) is 0 Å². The summed E-state index contributed by atoms with van der Waals surface area (Å²) in [5.41, 5.74) is 1.31. The molecule has 2 heterocycles. The molecule has 0 saturated carbocycles. The zero-order valence-corrected chi connectivity index (χ0v) is 10.9. The SMILES string of the molecule is O=C(c1cc2c(s1)CCCC2)N1CC(O)C(O)C1. The molecule has 1 amide bonds. The molecule has 1 saturated heterocycles. The summed E-state index contributed by atoms with van der Waals surface area (Å²) in [5, 5.41) is 19.0. The van der Waals surface area contributed by atoms with Gasteiger partial charge in [-0.1, -0.05) is 0 Å². The number of aryl methyl sites for hydroxylation is 2. The molecule has 0 aromatic carbocycles. The van der Waals surface area contributed by atoms with Crippen LogP contribution in [0.15, 0.2) is 6.07 Å². The highest BCUT2D eigenvalue weighted by atomic mass is 32.1. The number of likely N-dealkylation sites (tertiary alicyclic amines) is 1. The predicted octanol–water partition coefficient (Wildman–Crippen LogP) is 0.804. The Kier molecular flexibility index (Phi) is 3.13. The van der Waals surface area contributed by atoms with Gasteiger partial charge in [-0.15, -0.1) is 11.3 Å². The zero-order valence-electron chi connectivity index (χ0n) is 10.1. The van der Waals surface area contributed by atoms with Gasteiger partial charge in [-0.25, -0.2) is 0 Å². The molecule has 2 aliphatic rings. The van der Waals surface area contributed by atoms with Gasteiger partial charge in [0.25, 0.3) is 5.91 Å². The number of carbonyl (C=O) groups is 1. The molecule has 5 heteroatoms. The van der Waals surface area contributed by atoms with E-state index in [1.807, 2.05) is 6.07 Å². The summed E-state index contributed by atoms with van der Waals surface area (Å²) >= 11 is 1.58. The summed E-state index contributed by atoms with van der Waals surface area (Å²) in [7, 11) is 0. The molecule has 2 N–H and O–H groups in total. The number of hydrogen-bond donors (Lipinski definition) is 2. The maximum absolute atomic E-state index is 12.3. The number of fused-ring (bicyclic) bond motifs is 1. The number of thiophene rings is 1. The Bertz CT molecular complexity index is 437. The highest BCUT2D eigenvalue weighted by molar-refractivity contribution is 7.14. The van der Waals surface area contributed by atoms with Gasteiger partial charge in [0.1, 0.15) is 0 Å². The molecule has 2 atom stereocenters. The van der Waals surface area contributed by atoms with Crippen molar-refractivity contribution < 1.29 is 15.0 Å². The Labute approximate surface area is 110 Å². The second kappa shape index (κ2) is 4.64. The lowest BCUT2D eigenvalue weighted by molar-refractivity contribution is 0.0572. The molecule has 4 nitrogen and oxygen atoms in total. The van der Waals surface area contributed by atoms with Gasteiger partial charge in [-0.05, 0) is 37.3 Å². The molecule has 1 fully saturated rings. The first-order valence-electron chi connectivity index (χ1n) is 6.42. The quantitative estimate of drug-likeness (QED) is 0.791. The predicted molar refractivity (Wildman–Crippen MR) is 68.9 cm³/mol. The van der Waals surface area contributed by atoms with Crippen LogP contribution in [0.1, 0.15) is 33.0 Å². The van der Waals surface area contributed by atoms with Gasteiger partial charge in [0.15, 0.2) is 0 Å². The van der Waals surface area contributed by atoms with Crippen molar-refractivity contribution in [3.8, 4) is 0 Å². The summed E-state index contributed by atoms with van der Waals surface area (Å²) in [6, 6.07) is 2.00. The first-order chi connectivity index (χ1) is 8.65. The van der Waals surface area contributed by atoms with E-state index in [0.717, 1.165) is 17.7 Å². The standard InChI is InChI=1S/C13H17NO3S/c15-9-6-14(7-10(9)16)13(17)12-5-8-3-1-2-4-11(8)18-12/h5,9-10,15-16H,1-4,6-7H2. The first kappa shape index (κ1) is 12.1. The van der Waals surface area contributed by atoms with E-state index in [0.29, 0.717) is 0 Å². The second-order valence-electron chi connectivity index (χ2n) is 5.11. The number of aliphatic hydroxyl groups excluding tert-OH is 2. The van der Waals surface area contributed by atoms with Gasteiger partial charge in [0, 0.05) is 18.0 Å². The summed E-state index contributed by atoms with van der Waals surface area (Å²) in [6.07, 6.45) is 2.97. The van der Waals surface area contributed by atoms with Crippen LogP contribution >= 0.6 is 11.3 Å². The van der Waals surface area contributed by atoms with Gasteiger partial charge in [-0.3, -0.25) is 4.79 Å². The minimum atomic E-state index is -0.802. The Balaban J connectivity index is 1.78. The smallest absolute Gasteiger partial charge is 0.264 e. The lowest BCUT2D eigenvalue weighted by Crippen LogP contribution is -2.29. The molecule has 0 spiro atoms. The fraction of sp³-hybridized carbons (Fsp3) is 0.615. The van der Waals surface area contributed by atoms with Crippen LogP contribution in [0.25, 0.3) is 0 Å². The van der Waals surface area contributed by atoms with E-state index in [1.54, 1.807) is 16.2 Å². The lowest BCUT2D eigenvalue weighted by atomic mass is 9.99. The van der Waals surface area contributed by atoms with Gasteiger partial charge < -0.3 is 15.1 Å². The summed E-state index contributed by atoms with van der Waals surface area (Å²) < 4.78 is 0. The van der Waals surface area contributed by atoms with E-state index in [2.05, 4.69) is 0 Å². The van der Waals surface area contributed by atoms with Crippen molar-refractivity contribution in [1.29, 1.82) is 0 Å². The summed E-state index contributed by atoms with van der Waals surface area (Å²) in [6.45, 7) is 0.477. The molecule has 1 aromatic rings. The van der Waals surface area contributed by atoms with Crippen LogP contribution < -0.4 is 0 Å². The van der Waals surface area contributed by atoms with Gasteiger partial charge in [-0.2, -0.15) is 0 Å². The van der Waals surface area contributed by atoms with E-state index in [9.17, 15) is 15.0 Å². The zero-order chi connectivity index (χ0) is 12.7. The highest BCUT2D eigenvalue weighted by Crippen LogP contribution is 2.30. The number of carbonyl (C=O) groups excluding carboxylic acids is 1. The Morgan fingerprint density at radius 1 is 1.22 bits per heavy atom. The molecule has 1 aliphatic heterocycles. The highest BCUT2D eigenvalue weighted by Gasteiger charge is 2.33. The van der Waals surface area contributed by atoms with E-state index in [1.165, 1.54) is 23.3 Å². The number of nitrogens with zero attached hydrogens (tertiary/aromatic N) is 1. The van der Waals surface area contributed by atoms with Crippen molar-refractivity contribution in [2.45, 2.75) is 37.9 Å². The summed E-state index contributed by atoms with van der Waals surface area (Å²) in [5.74, 6) is -0.0509. The fourth-order valence-electron chi connectivity index (χ4n) is 2.69. The Hall–Kier alpha value is -0.910. The third-order valence-electron chi connectivity index (χ3n) is 3.75. The van der Waals surface area contributed by atoms with Crippen LogP contribution in [-0.2, 0) is 12.8 Å². The topological polar surface area (TPSA) is 60.8 Å². The average Bonchev–Trinajstić information content (AvgIpc) is 2.93. The molecular formula is C13H17NO3S. The number of aliphatic hydroxyl groups is 2. The Morgan fingerprint density at radius 3 is 2.56 bits per heavy atom. The molecule has 98 valence electrons. The first-order valence-corrected chi connectivity index (χ1v) is 7.24. The molecule has 0 radical (unpaired) electrons. The molecule has 2 unspecified atom stereocenters. The third-order valence-corrected chi connectivity index (χ3v) is 4.98. The van der Waals surface area contributed by atoms with Gasteiger partial charge in [0.2, 0.25) is 0 Å². The van der Waals surface area contributed by atoms with Crippen molar-refractivity contribution in [3.63, 3.8) is 0 Å². The Morgan fingerprint density at radius 2 is 1.89 bits per heavy atom. The minimum absolute atomic E-state index is 0.0509. The van der Waals surface area contributed by atoms with Crippen molar-refractivity contribution in [3.05, 3.63) is 21.4 Å². The molecule has 1 aliphatic carbocycles. The molecular weight excluding hydrogens is 250 g/mol. The largest absolute Gasteiger partial charge is 0.388 e. The van der Waals surface area contributed by atoms with Crippen molar-refractivity contribution >= 4 is 17.2 Å². The van der Waals surface area contributed by atoms with Crippen LogP contribution in [0.5, 0.6) is 0 Å². The van der Waals surface area contributed by atoms with E-state index >= 15 is 0 Å². The van der Waals surface area contributed by atoms with Gasteiger partial charge >= 0.3 is 0 Å². The number of β-amino-alcohol motifs (C(OH)–C–C–N with tert-alkyl or cyclic N) is 2. The molecule has 3 rings (SSSR count). The maximum Gasteiger partial charge on any atom is 0.264 e. The van der Waals surface area contributed by atoms with Crippen LogP contribution in [0.3, 0.4) is 0 Å². The molecule has 1 aromatic heterocycles. The van der Waals surface area contributed by atoms with Crippen LogP contribution in [0.2, 0.25) is 0 Å². The molecule has 0 bridgehead atoms. The average molecular weight is 267 g/mol. The monoisotopic (exact) mass is 267 g/mol. The third kappa shape index (κ3) is 2.06. The van der Waals surface area contributed by atoms with Crippen molar-refractivity contribution in [2.75, 3.05) is 13.1 Å².